The molecule has 2 aromatic rings. The molecular weight excluding hydrogens is 320 g/mol. The maximum absolute atomic E-state index is 12.1. The van der Waals surface area contributed by atoms with E-state index >= 15 is 0 Å². The molecule has 0 fully saturated rings. The van der Waals surface area contributed by atoms with E-state index in [1.807, 2.05) is 24.3 Å². The van der Waals surface area contributed by atoms with Gasteiger partial charge in [0.2, 0.25) is 5.76 Å². The Balaban J connectivity index is 1.50. The van der Waals surface area contributed by atoms with Gasteiger partial charge < -0.3 is 19.4 Å². The third kappa shape index (κ3) is 3.35. The number of amides is 1. The van der Waals surface area contributed by atoms with Gasteiger partial charge in [0.1, 0.15) is 25.3 Å². The monoisotopic (exact) mass is 340 g/mol. The van der Waals surface area contributed by atoms with Crippen LogP contribution in [0.2, 0.25) is 0 Å². The third-order valence-corrected chi connectivity index (χ3v) is 4.38. The molecule has 7 heteroatoms. The molecule has 0 saturated heterocycles. The van der Waals surface area contributed by atoms with Crippen LogP contribution in [0, 0.1) is 0 Å². The van der Waals surface area contributed by atoms with Crippen molar-refractivity contribution in [2.24, 2.45) is 0 Å². The molecule has 2 aliphatic rings. The summed E-state index contributed by atoms with van der Waals surface area (Å²) in [5.41, 5.74) is 1.69. The van der Waals surface area contributed by atoms with Crippen molar-refractivity contribution < 1.29 is 14.3 Å². The highest BCUT2D eigenvalue weighted by Crippen LogP contribution is 2.24. The second-order valence-corrected chi connectivity index (χ2v) is 6.13. The van der Waals surface area contributed by atoms with Gasteiger partial charge in [0.25, 0.3) is 5.91 Å². The van der Waals surface area contributed by atoms with Gasteiger partial charge in [-0.05, 0) is 37.1 Å². The largest absolute Gasteiger partial charge is 0.494 e. The molecule has 0 bridgehead atoms. The Morgan fingerprint density at radius 2 is 1.96 bits per heavy atom. The SMILES string of the molecule is O=C(Nc1ccc(-c2nnc3n2CCCCC3)cc1)C1=COCCO1. The highest BCUT2D eigenvalue weighted by molar-refractivity contribution is 6.02. The van der Waals surface area contributed by atoms with E-state index in [4.69, 9.17) is 9.47 Å². The van der Waals surface area contributed by atoms with Crippen LogP contribution in [0.3, 0.4) is 0 Å². The van der Waals surface area contributed by atoms with E-state index in [0.717, 1.165) is 36.6 Å². The molecule has 1 aromatic heterocycles. The molecule has 0 saturated carbocycles. The molecular formula is C18H20N4O3. The molecule has 7 nitrogen and oxygen atoms in total. The highest BCUT2D eigenvalue weighted by atomic mass is 16.6. The van der Waals surface area contributed by atoms with Crippen LogP contribution in [0.4, 0.5) is 5.69 Å². The minimum Gasteiger partial charge on any atom is -0.494 e. The summed E-state index contributed by atoms with van der Waals surface area (Å²) in [7, 11) is 0. The average molecular weight is 340 g/mol. The fourth-order valence-corrected chi connectivity index (χ4v) is 3.08. The van der Waals surface area contributed by atoms with Crippen molar-refractivity contribution in [2.75, 3.05) is 18.5 Å². The Labute approximate surface area is 145 Å². The lowest BCUT2D eigenvalue weighted by Crippen LogP contribution is -2.21. The Morgan fingerprint density at radius 3 is 2.76 bits per heavy atom. The Kier molecular flexibility index (Phi) is 4.37. The zero-order chi connectivity index (χ0) is 17.1. The van der Waals surface area contributed by atoms with E-state index in [1.54, 1.807) is 0 Å². The second kappa shape index (κ2) is 6.96. The van der Waals surface area contributed by atoms with Crippen LogP contribution >= 0.6 is 0 Å². The number of hydrogen-bond acceptors (Lipinski definition) is 5. The normalized spacial score (nSPS) is 16.7. The molecule has 0 radical (unpaired) electrons. The van der Waals surface area contributed by atoms with Gasteiger partial charge >= 0.3 is 0 Å². The van der Waals surface area contributed by atoms with Gasteiger partial charge in [-0.1, -0.05) is 6.42 Å². The molecule has 1 aromatic carbocycles. The molecule has 4 rings (SSSR count). The summed E-state index contributed by atoms with van der Waals surface area (Å²) in [5.74, 6) is 1.83. The maximum atomic E-state index is 12.1. The van der Waals surface area contributed by atoms with Gasteiger partial charge in [0, 0.05) is 24.2 Å². The first-order valence-corrected chi connectivity index (χ1v) is 8.60. The molecule has 2 aliphatic heterocycles. The van der Waals surface area contributed by atoms with Crippen LogP contribution in [-0.4, -0.2) is 33.9 Å². The van der Waals surface area contributed by atoms with Gasteiger partial charge in [-0.25, -0.2) is 0 Å². The molecule has 0 spiro atoms. The highest BCUT2D eigenvalue weighted by Gasteiger charge is 2.17. The van der Waals surface area contributed by atoms with Gasteiger partial charge in [0.15, 0.2) is 5.82 Å². The van der Waals surface area contributed by atoms with E-state index in [1.165, 1.54) is 19.1 Å². The zero-order valence-electron chi connectivity index (χ0n) is 13.9. The number of benzene rings is 1. The first-order chi connectivity index (χ1) is 12.3. The standard InChI is InChI=1S/C18H20N4O3/c23-18(15-12-24-10-11-25-15)19-14-7-5-13(6-8-14)17-21-20-16-4-2-1-3-9-22(16)17/h5-8,12H,1-4,9-11H2,(H,19,23). The number of ether oxygens (including phenoxy) is 2. The van der Waals surface area contributed by atoms with E-state index in [2.05, 4.69) is 20.1 Å². The number of carbonyl (C=O) groups is 1. The lowest BCUT2D eigenvalue weighted by Gasteiger charge is -2.15. The first kappa shape index (κ1) is 15.7. The number of aryl methyl sites for hydroxylation is 1. The molecule has 1 amide bonds. The summed E-state index contributed by atoms with van der Waals surface area (Å²) >= 11 is 0. The summed E-state index contributed by atoms with van der Waals surface area (Å²) in [5, 5.41) is 11.5. The van der Waals surface area contributed by atoms with Crippen molar-refractivity contribution in [1.82, 2.24) is 14.8 Å². The minimum atomic E-state index is -0.316. The number of fused-ring (bicyclic) bond motifs is 1. The Morgan fingerprint density at radius 1 is 1.08 bits per heavy atom. The van der Waals surface area contributed by atoms with Crippen LogP contribution in [0.15, 0.2) is 36.3 Å². The summed E-state index contributed by atoms with van der Waals surface area (Å²) in [6.07, 6.45) is 5.89. The van der Waals surface area contributed by atoms with Crippen LogP contribution in [0.1, 0.15) is 25.1 Å². The smallest absolute Gasteiger partial charge is 0.294 e. The molecule has 0 aliphatic carbocycles. The predicted octanol–water partition coefficient (Wildman–Crippen LogP) is 2.50. The molecule has 1 N–H and O–H groups in total. The number of anilines is 1. The van der Waals surface area contributed by atoms with Crippen molar-refractivity contribution >= 4 is 11.6 Å². The molecule has 25 heavy (non-hydrogen) atoms. The second-order valence-electron chi connectivity index (χ2n) is 6.13. The zero-order valence-corrected chi connectivity index (χ0v) is 13.9. The van der Waals surface area contributed by atoms with Crippen molar-refractivity contribution in [3.8, 4) is 11.4 Å². The quantitative estimate of drug-likeness (QED) is 0.929. The predicted molar refractivity (Wildman–Crippen MR) is 91.6 cm³/mol. The summed E-state index contributed by atoms with van der Waals surface area (Å²) in [6.45, 7) is 1.81. The van der Waals surface area contributed by atoms with Crippen LogP contribution in [0.25, 0.3) is 11.4 Å². The van der Waals surface area contributed by atoms with Gasteiger partial charge in [-0.15, -0.1) is 10.2 Å². The van der Waals surface area contributed by atoms with Crippen LogP contribution in [-0.2, 0) is 27.2 Å². The third-order valence-electron chi connectivity index (χ3n) is 4.38. The Bertz CT molecular complexity index is 795. The topological polar surface area (TPSA) is 78.3 Å². The van der Waals surface area contributed by atoms with E-state index < -0.39 is 0 Å². The van der Waals surface area contributed by atoms with Gasteiger partial charge in [-0.3, -0.25) is 4.79 Å². The minimum absolute atomic E-state index is 0.193. The van der Waals surface area contributed by atoms with Crippen molar-refractivity contribution in [3.05, 3.63) is 42.1 Å². The van der Waals surface area contributed by atoms with Gasteiger partial charge in [0.05, 0.1) is 0 Å². The number of nitrogens with zero attached hydrogens (tertiary/aromatic N) is 3. The van der Waals surface area contributed by atoms with Crippen molar-refractivity contribution in [3.63, 3.8) is 0 Å². The Hall–Kier alpha value is -2.83. The van der Waals surface area contributed by atoms with E-state index in [-0.39, 0.29) is 11.7 Å². The molecule has 0 unspecified atom stereocenters. The fourth-order valence-electron chi connectivity index (χ4n) is 3.08. The number of hydrogen-bond donors (Lipinski definition) is 1. The maximum Gasteiger partial charge on any atom is 0.294 e. The summed E-state index contributed by atoms with van der Waals surface area (Å²) in [6, 6.07) is 7.61. The average Bonchev–Trinajstić information content (AvgIpc) is 2.91. The van der Waals surface area contributed by atoms with Gasteiger partial charge in [-0.2, -0.15) is 0 Å². The van der Waals surface area contributed by atoms with Crippen molar-refractivity contribution in [2.45, 2.75) is 32.2 Å². The lowest BCUT2D eigenvalue weighted by molar-refractivity contribution is -0.117. The summed E-state index contributed by atoms with van der Waals surface area (Å²) in [4.78, 5) is 12.1. The van der Waals surface area contributed by atoms with E-state index in [9.17, 15) is 4.79 Å². The molecule has 130 valence electrons. The fraction of sp³-hybridized carbons (Fsp3) is 0.389. The number of carbonyl (C=O) groups excluding carboxylic acids is 1. The molecule has 3 heterocycles. The molecule has 0 atom stereocenters. The van der Waals surface area contributed by atoms with Crippen LogP contribution in [0.5, 0.6) is 0 Å². The lowest BCUT2D eigenvalue weighted by atomic mass is 10.2. The number of aromatic nitrogens is 3. The number of nitrogens with one attached hydrogen (secondary N) is 1. The van der Waals surface area contributed by atoms with E-state index in [0.29, 0.717) is 18.9 Å². The first-order valence-electron chi connectivity index (χ1n) is 8.60. The van der Waals surface area contributed by atoms with Crippen molar-refractivity contribution in [1.29, 1.82) is 0 Å². The summed E-state index contributed by atoms with van der Waals surface area (Å²) < 4.78 is 12.6. The van der Waals surface area contributed by atoms with Crippen LogP contribution < -0.4 is 5.32 Å². The number of rotatable bonds is 3.